The minimum absolute atomic E-state index is 0.587. The maximum atomic E-state index is 6.44. The molecule has 0 aliphatic carbocycles. The van der Waals surface area contributed by atoms with Crippen molar-refractivity contribution in [1.82, 2.24) is 19.9 Å². The van der Waals surface area contributed by atoms with Gasteiger partial charge in [0.05, 0.1) is 16.1 Å². The molecule has 4 heterocycles. The highest BCUT2D eigenvalue weighted by atomic mass is 35.5. The van der Waals surface area contributed by atoms with Crippen molar-refractivity contribution in [3.8, 4) is 10.7 Å². The smallest absolute Gasteiger partial charge is 0.169 e. The summed E-state index contributed by atoms with van der Waals surface area (Å²) < 4.78 is 0. The summed E-state index contributed by atoms with van der Waals surface area (Å²) in [5.74, 6) is 0.832. The van der Waals surface area contributed by atoms with Crippen LogP contribution in [0.25, 0.3) is 21.6 Å². The van der Waals surface area contributed by atoms with E-state index in [0.29, 0.717) is 5.15 Å². The maximum Gasteiger partial charge on any atom is 0.169 e. The standard InChI is InChI=1S/C21H17ClN4S/c22-20-15(10-14-4-1-2-5-17(14)24-20)12-26-8-7-18-16(13-26)11-23-21(25-18)19-6-3-9-27-19/h1-6,9-11H,7-8,12-13H2. The van der Waals surface area contributed by atoms with Crippen LogP contribution in [0, 0.1) is 0 Å². The second kappa shape index (κ2) is 7.00. The topological polar surface area (TPSA) is 41.9 Å². The average Bonchev–Trinajstić information content (AvgIpc) is 3.23. The Morgan fingerprint density at radius 1 is 1.11 bits per heavy atom. The van der Waals surface area contributed by atoms with E-state index in [1.54, 1.807) is 11.3 Å². The first-order valence-electron chi connectivity index (χ1n) is 8.91. The van der Waals surface area contributed by atoms with Gasteiger partial charge in [0.1, 0.15) is 5.15 Å². The van der Waals surface area contributed by atoms with E-state index in [9.17, 15) is 0 Å². The van der Waals surface area contributed by atoms with Crippen LogP contribution in [-0.2, 0) is 19.5 Å². The van der Waals surface area contributed by atoms with Gasteiger partial charge in [-0.25, -0.2) is 15.0 Å². The fourth-order valence-electron chi connectivity index (χ4n) is 3.52. The van der Waals surface area contributed by atoms with E-state index in [1.807, 2.05) is 30.5 Å². The lowest BCUT2D eigenvalue weighted by Crippen LogP contribution is -2.31. The number of hydrogen-bond donors (Lipinski definition) is 0. The molecule has 1 aliphatic rings. The summed E-state index contributed by atoms with van der Waals surface area (Å²) in [6.45, 7) is 2.57. The lowest BCUT2D eigenvalue weighted by Gasteiger charge is -2.28. The van der Waals surface area contributed by atoms with E-state index in [4.69, 9.17) is 16.6 Å². The molecule has 0 unspecified atom stereocenters. The van der Waals surface area contributed by atoms with Crippen molar-refractivity contribution in [1.29, 1.82) is 0 Å². The molecule has 4 nitrogen and oxygen atoms in total. The van der Waals surface area contributed by atoms with Gasteiger partial charge in [0.15, 0.2) is 5.82 Å². The molecule has 0 atom stereocenters. The summed E-state index contributed by atoms with van der Waals surface area (Å²) in [5, 5.41) is 3.77. The van der Waals surface area contributed by atoms with E-state index >= 15 is 0 Å². The molecule has 6 heteroatoms. The van der Waals surface area contributed by atoms with Gasteiger partial charge in [-0.3, -0.25) is 4.90 Å². The highest BCUT2D eigenvalue weighted by Crippen LogP contribution is 2.26. The van der Waals surface area contributed by atoms with E-state index in [2.05, 4.69) is 38.4 Å². The Balaban J connectivity index is 1.37. The summed E-state index contributed by atoms with van der Waals surface area (Å²) in [6.07, 6.45) is 2.90. The zero-order chi connectivity index (χ0) is 18.2. The molecule has 0 amide bonds. The second-order valence-electron chi connectivity index (χ2n) is 6.73. The Morgan fingerprint density at radius 2 is 2.04 bits per heavy atom. The van der Waals surface area contributed by atoms with Gasteiger partial charge in [-0.2, -0.15) is 0 Å². The molecule has 3 aromatic heterocycles. The van der Waals surface area contributed by atoms with Crippen molar-refractivity contribution >= 4 is 33.8 Å². The van der Waals surface area contributed by atoms with Crippen LogP contribution >= 0.6 is 22.9 Å². The van der Waals surface area contributed by atoms with Gasteiger partial charge < -0.3 is 0 Å². The third-order valence-electron chi connectivity index (χ3n) is 4.90. The summed E-state index contributed by atoms with van der Waals surface area (Å²) in [4.78, 5) is 17.4. The molecule has 0 bridgehead atoms. The number of halogens is 1. The molecular formula is C21H17ClN4S. The Kier molecular flexibility index (Phi) is 4.36. The largest absolute Gasteiger partial charge is 0.294 e. The van der Waals surface area contributed by atoms with E-state index in [-0.39, 0.29) is 0 Å². The van der Waals surface area contributed by atoms with Crippen molar-refractivity contribution < 1.29 is 0 Å². The third kappa shape index (κ3) is 3.34. The first kappa shape index (κ1) is 16.8. The lowest BCUT2D eigenvalue weighted by molar-refractivity contribution is 0.243. The fraction of sp³-hybridized carbons (Fsp3) is 0.190. The molecular weight excluding hydrogens is 376 g/mol. The Hall–Kier alpha value is -2.34. The van der Waals surface area contributed by atoms with E-state index in [1.165, 1.54) is 5.56 Å². The third-order valence-corrected chi connectivity index (χ3v) is 6.09. The molecule has 0 saturated heterocycles. The Bertz CT molecular complexity index is 1110. The molecule has 5 rings (SSSR count). The SMILES string of the molecule is Clc1nc2ccccc2cc1CN1CCc2nc(-c3cccs3)ncc2C1. The normalized spacial score (nSPS) is 14.4. The van der Waals surface area contributed by atoms with Gasteiger partial charge in [0.2, 0.25) is 0 Å². The summed E-state index contributed by atoms with van der Waals surface area (Å²) >= 11 is 8.11. The van der Waals surface area contributed by atoms with Gasteiger partial charge in [0.25, 0.3) is 0 Å². The van der Waals surface area contributed by atoms with Crippen LogP contribution in [0.2, 0.25) is 5.15 Å². The van der Waals surface area contributed by atoms with Crippen LogP contribution < -0.4 is 0 Å². The van der Waals surface area contributed by atoms with Crippen molar-refractivity contribution in [2.45, 2.75) is 19.5 Å². The molecule has 4 aromatic rings. The highest BCUT2D eigenvalue weighted by Gasteiger charge is 2.20. The van der Waals surface area contributed by atoms with Crippen LogP contribution in [0.1, 0.15) is 16.8 Å². The molecule has 0 radical (unpaired) electrons. The van der Waals surface area contributed by atoms with E-state index in [0.717, 1.165) is 58.9 Å². The number of thiophene rings is 1. The maximum absolute atomic E-state index is 6.44. The summed E-state index contributed by atoms with van der Waals surface area (Å²) in [6, 6.07) is 14.3. The predicted molar refractivity (Wildman–Crippen MR) is 110 cm³/mol. The average molecular weight is 393 g/mol. The molecule has 27 heavy (non-hydrogen) atoms. The van der Waals surface area contributed by atoms with Gasteiger partial charge in [-0.05, 0) is 23.6 Å². The van der Waals surface area contributed by atoms with Crippen molar-refractivity contribution in [2.75, 3.05) is 6.54 Å². The zero-order valence-electron chi connectivity index (χ0n) is 14.6. The van der Waals surface area contributed by atoms with Gasteiger partial charge >= 0.3 is 0 Å². The molecule has 0 saturated carbocycles. The molecule has 1 aromatic carbocycles. The predicted octanol–water partition coefficient (Wildman–Crippen LogP) is 4.97. The lowest BCUT2D eigenvalue weighted by atomic mass is 10.1. The Labute approximate surface area is 166 Å². The number of hydrogen-bond acceptors (Lipinski definition) is 5. The fourth-order valence-corrected chi connectivity index (χ4v) is 4.39. The number of benzene rings is 1. The van der Waals surface area contributed by atoms with Gasteiger partial charge in [0, 0.05) is 48.8 Å². The second-order valence-corrected chi connectivity index (χ2v) is 8.04. The zero-order valence-corrected chi connectivity index (χ0v) is 16.2. The molecule has 1 aliphatic heterocycles. The quantitative estimate of drug-likeness (QED) is 0.462. The van der Waals surface area contributed by atoms with Crippen molar-refractivity contribution in [3.63, 3.8) is 0 Å². The summed E-state index contributed by atoms with van der Waals surface area (Å²) in [5.41, 5.74) is 4.36. The van der Waals surface area contributed by atoms with Gasteiger partial charge in [-0.15, -0.1) is 11.3 Å². The number of fused-ring (bicyclic) bond motifs is 2. The number of rotatable bonds is 3. The number of pyridine rings is 1. The monoisotopic (exact) mass is 392 g/mol. The van der Waals surface area contributed by atoms with Crippen LogP contribution in [0.5, 0.6) is 0 Å². The summed E-state index contributed by atoms with van der Waals surface area (Å²) in [7, 11) is 0. The molecule has 0 N–H and O–H groups in total. The molecule has 0 spiro atoms. The number of nitrogens with zero attached hydrogens (tertiary/aromatic N) is 4. The number of aromatic nitrogens is 3. The van der Waals surface area contributed by atoms with Crippen LogP contribution in [-0.4, -0.2) is 26.4 Å². The van der Waals surface area contributed by atoms with Gasteiger partial charge in [-0.1, -0.05) is 35.9 Å². The van der Waals surface area contributed by atoms with Crippen LogP contribution in [0.4, 0.5) is 0 Å². The highest BCUT2D eigenvalue weighted by molar-refractivity contribution is 7.13. The first-order valence-corrected chi connectivity index (χ1v) is 10.2. The minimum Gasteiger partial charge on any atom is -0.294 e. The number of para-hydroxylation sites is 1. The van der Waals surface area contributed by atoms with Crippen LogP contribution in [0.3, 0.4) is 0 Å². The Morgan fingerprint density at radius 3 is 2.93 bits per heavy atom. The minimum atomic E-state index is 0.587. The van der Waals surface area contributed by atoms with Crippen LogP contribution in [0.15, 0.2) is 54.0 Å². The molecule has 134 valence electrons. The first-order chi connectivity index (χ1) is 13.3. The molecule has 0 fully saturated rings. The van der Waals surface area contributed by atoms with Crippen molar-refractivity contribution in [2.24, 2.45) is 0 Å². The van der Waals surface area contributed by atoms with Crippen molar-refractivity contribution in [3.05, 3.63) is 76.0 Å². The van der Waals surface area contributed by atoms with E-state index < -0.39 is 0 Å².